The number of hydrogen-bond donors (Lipinski definition) is 1. The van der Waals surface area contributed by atoms with Gasteiger partial charge in [-0.2, -0.15) is 0 Å². The molecule has 2 aromatic rings. The van der Waals surface area contributed by atoms with Gasteiger partial charge in [0, 0.05) is 31.5 Å². The van der Waals surface area contributed by atoms with Gasteiger partial charge in [0.1, 0.15) is 11.6 Å². The summed E-state index contributed by atoms with van der Waals surface area (Å²) in [5.74, 6) is 0.265. The molecule has 1 heterocycles. The van der Waals surface area contributed by atoms with Crippen molar-refractivity contribution in [2.75, 3.05) is 19.8 Å². The van der Waals surface area contributed by atoms with Gasteiger partial charge in [-0.3, -0.25) is 9.18 Å². The van der Waals surface area contributed by atoms with Crippen LogP contribution in [0.15, 0.2) is 48.5 Å². The van der Waals surface area contributed by atoms with Crippen LogP contribution in [0, 0.1) is 11.7 Å². The minimum Gasteiger partial charge on any atom is -0.491 e. The summed E-state index contributed by atoms with van der Waals surface area (Å²) in [5, 5.41) is 3.22. The summed E-state index contributed by atoms with van der Waals surface area (Å²) in [4.78, 5) is 15.0. The minimum atomic E-state index is -0.470. The highest BCUT2D eigenvalue weighted by molar-refractivity contribution is 5.77. The zero-order valence-electron chi connectivity index (χ0n) is 18.3. The van der Waals surface area contributed by atoms with Crippen molar-refractivity contribution in [3.8, 4) is 5.75 Å². The Morgan fingerprint density at radius 1 is 1.13 bits per heavy atom. The van der Waals surface area contributed by atoms with Gasteiger partial charge in [-0.1, -0.05) is 24.3 Å². The lowest BCUT2D eigenvalue weighted by Crippen LogP contribution is -2.52. The standard InChI is InChI=1S/C25H32F2N2O2/c1-18(2)31-23-10-5-19(6-11-23)7-12-25(30)29(17-20-3-8-22(27)9-4-20)24-13-14-28-16-21(24)15-26/h3-6,8-11,18,21,24,28H,7,12-17H2,1-2H3/t21-,24+/m1/s1. The number of rotatable bonds is 9. The molecule has 168 valence electrons. The van der Waals surface area contributed by atoms with Crippen LogP contribution in [-0.4, -0.2) is 42.7 Å². The smallest absolute Gasteiger partial charge is 0.223 e. The highest BCUT2D eigenvalue weighted by Gasteiger charge is 2.32. The molecule has 0 bridgehead atoms. The van der Waals surface area contributed by atoms with Crippen molar-refractivity contribution in [1.29, 1.82) is 0 Å². The summed E-state index contributed by atoms with van der Waals surface area (Å²) in [6.07, 6.45) is 1.77. The molecule has 1 aliphatic rings. The average molecular weight is 431 g/mol. The SMILES string of the molecule is CC(C)Oc1ccc(CCC(=O)N(Cc2ccc(F)cc2)[C@H]2CCNC[C@H]2CF)cc1. The van der Waals surface area contributed by atoms with E-state index in [0.29, 0.717) is 32.4 Å². The summed E-state index contributed by atoms with van der Waals surface area (Å²) < 4.78 is 32.7. The first-order valence-electron chi connectivity index (χ1n) is 11.0. The van der Waals surface area contributed by atoms with Crippen LogP contribution in [0.3, 0.4) is 0 Å². The molecule has 1 amide bonds. The Balaban J connectivity index is 1.69. The van der Waals surface area contributed by atoms with Crippen molar-refractivity contribution < 1.29 is 18.3 Å². The lowest BCUT2D eigenvalue weighted by atomic mass is 9.92. The van der Waals surface area contributed by atoms with E-state index in [1.807, 2.05) is 38.1 Å². The lowest BCUT2D eigenvalue weighted by molar-refractivity contribution is -0.136. The van der Waals surface area contributed by atoms with Gasteiger partial charge in [0.25, 0.3) is 0 Å². The van der Waals surface area contributed by atoms with Gasteiger partial charge in [-0.25, -0.2) is 4.39 Å². The maximum absolute atomic E-state index is 13.7. The minimum absolute atomic E-state index is 0.00261. The molecule has 0 saturated carbocycles. The van der Waals surface area contributed by atoms with Crippen molar-refractivity contribution in [3.05, 3.63) is 65.5 Å². The molecule has 31 heavy (non-hydrogen) atoms. The first-order chi connectivity index (χ1) is 15.0. The first-order valence-corrected chi connectivity index (χ1v) is 11.0. The maximum atomic E-state index is 13.7. The Labute approximate surface area is 183 Å². The van der Waals surface area contributed by atoms with Crippen LogP contribution < -0.4 is 10.1 Å². The summed E-state index contributed by atoms with van der Waals surface area (Å²) in [5.41, 5.74) is 1.90. The zero-order chi connectivity index (χ0) is 22.2. The third kappa shape index (κ3) is 6.76. The van der Waals surface area contributed by atoms with Crippen molar-refractivity contribution in [3.63, 3.8) is 0 Å². The Morgan fingerprint density at radius 2 is 1.81 bits per heavy atom. The third-order valence-corrected chi connectivity index (χ3v) is 5.68. The van der Waals surface area contributed by atoms with E-state index in [2.05, 4.69) is 5.32 Å². The molecular formula is C25H32F2N2O2. The average Bonchev–Trinajstić information content (AvgIpc) is 2.77. The Bertz CT molecular complexity index is 824. The monoisotopic (exact) mass is 430 g/mol. The fourth-order valence-corrected chi connectivity index (χ4v) is 4.06. The topological polar surface area (TPSA) is 41.6 Å². The highest BCUT2D eigenvalue weighted by atomic mass is 19.1. The van der Waals surface area contributed by atoms with E-state index in [0.717, 1.165) is 23.4 Å². The molecule has 0 spiro atoms. The van der Waals surface area contributed by atoms with Crippen LogP contribution in [-0.2, 0) is 17.8 Å². The van der Waals surface area contributed by atoms with Crippen LogP contribution in [0.2, 0.25) is 0 Å². The molecule has 1 saturated heterocycles. The van der Waals surface area contributed by atoms with Gasteiger partial charge in [0.15, 0.2) is 0 Å². The lowest BCUT2D eigenvalue weighted by Gasteiger charge is -2.39. The number of piperidine rings is 1. The number of amides is 1. The molecule has 2 atom stereocenters. The van der Waals surface area contributed by atoms with Gasteiger partial charge in [0.2, 0.25) is 5.91 Å². The van der Waals surface area contributed by atoms with E-state index >= 15 is 0 Å². The van der Waals surface area contributed by atoms with Gasteiger partial charge >= 0.3 is 0 Å². The molecular weight excluding hydrogens is 398 g/mol. The van der Waals surface area contributed by atoms with Crippen LogP contribution >= 0.6 is 0 Å². The largest absolute Gasteiger partial charge is 0.491 e. The molecule has 6 heteroatoms. The van der Waals surface area contributed by atoms with E-state index in [4.69, 9.17) is 4.74 Å². The van der Waals surface area contributed by atoms with E-state index in [9.17, 15) is 13.6 Å². The second-order valence-corrected chi connectivity index (χ2v) is 8.43. The van der Waals surface area contributed by atoms with Gasteiger partial charge in [-0.15, -0.1) is 0 Å². The van der Waals surface area contributed by atoms with Crippen molar-refractivity contribution in [2.24, 2.45) is 5.92 Å². The molecule has 1 fully saturated rings. The second-order valence-electron chi connectivity index (χ2n) is 8.43. The molecule has 0 aliphatic carbocycles. The van der Waals surface area contributed by atoms with Gasteiger partial charge in [0.05, 0.1) is 12.8 Å². The number of carbonyl (C=O) groups excluding carboxylic acids is 1. The fourth-order valence-electron chi connectivity index (χ4n) is 4.06. The quantitative estimate of drug-likeness (QED) is 0.636. The Morgan fingerprint density at radius 3 is 2.45 bits per heavy atom. The molecule has 1 aliphatic heterocycles. The predicted octanol–water partition coefficient (Wildman–Crippen LogP) is 4.52. The number of ether oxygens (including phenoxy) is 1. The summed E-state index contributed by atoms with van der Waals surface area (Å²) in [6, 6.07) is 13.8. The number of alkyl halides is 1. The zero-order valence-corrected chi connectivity index (χ0v) is 18.3. The van der Waals surface area contributed by atoms with Crippen molar-refractivity contribution >= 4 is 5.91 Å². The molecule has 3 rings (SSSR count). The first kappa shape index (κ1) is 23.2. The Kier molecular flexibility index (Phi) is 8.41. The van der Waals surface area contributed by atoms with Crippen LogP contribution in [0.25, 0.3) is 0 Å². The van der Waals surface area contributed by atoms with E-state index < -0.39 is 6.67 Å². The molecule has 0 unspecified atom stereocenters. The maximum Gasteiger partial charge on any atom is 0.223 e. The van der Waals surface area contributed by atoms with Gasteiger partial charge in [-0.05, 0) is 68.6 Å². The summed E-state index contributed by atoms with van der Waals surface area (Å²) in [6.45, 7) is 5.17. The van der Waals surface area contributed by atoms with Crippen LogP contribution in [0.1, 0.15) is 37.8 Å². The van der Waals surface area contributed by atoms with Crippen LogP contribution in [0.5, 0.6) is 5.75 Å². The number of carbonyl (C=O) groups is 1. The third-order valence-electron chi connectivity index (χ3n) is 5.68. The summed E-state index contributed by atoms with van der Waals surface area (Å²) >= 11 is 0. The van der Waals surface area contributed by atoms with Crippen molar-refractivity contribution in [2.45, 2.75) is 51.8 Å². The fraction of sp³-hybridized carbons (Fsp3) is 0.480. The number of aryl methyl sites for hydroxylation is 1. The van der Waals surface area contributed by atoms with Crippen LogP contribution in [0.4, 0.5) is 8.78 Å². The molecule has 4 nitrogen and oxygen atoms in total. The van der Waals surface area contributed by atoms with E-state index in [-0.39, 0.29) is 29.8 Å². The number of nitrogens with one attached hydrogen (secondary N) is 1. The van der Waals surface area contributed by atoms with Gasteiger partial charge < -0.3 is 15.0 Å². The number of benzene rings is 2. The number of nitrogens with zero attached hydrogens (tertiary/aromatic N) is 1. The van der Waals surface area contributed by atoms with E-state index in [1.54, 1.807) is 17.0 Å². The number of hydrogen-bond acceptors (Lipinski definition) is 3. The number of halogens is 2. The second kappa shape index (κ2) is 11.2. The summed E-state index contributed by atoms with van der Waals surface area (Å²) in [7, 11) is 0. The normalized spacial score (nSPS) is 18.7. The Hall–Kier alpha value is -2.47. The molecule has 0 aromatic heterocycles. The predicted molar refractivity (Wildman–Crippen MR) is 118 cm³/mol. The van der Waals surface area contributed by atoms with E-state index in [1.165, 1.54) is 12.1 Å². The van der Waals surface area contributed by atoms with Crippen molar-refractivity contribution in [1.82, 2.24) is 10.2 Å². The molecule has 2 aromatic carbocycles. The molecule has 1 N–H and O–H groups in total. The highest BCUT2D eigenvalue weighted by Crippen LogP contribution is 2.23. The molecule has 0 radical (unpaired) electrons.